The first-order chi connectivity index (χ1) is 8.33. The lowest BCUT2D eigenvalue weighted by atomic mass is 10.1. The Morgan fingerprint density at radius 3 is 3.06 bits per heavy atom. The Bertz CT molecular complexity index is 452. The van der Waals surface area contributed by atoms with E-state index in [2.05, 4.69) is 40.3 Å². The zero-order valence-corrected chi connectivity index (χ0v) is 10.2. The molecule has 1 atom stereocenters. The molecule has 0 saturated carbocycles. The van der Waals surface area contributed by atoms with Crippen molar-refractivity contribution in [2.45, 2.75) is 26.3 Å². The third kappa shape index (κ3) is 2.68. The van der Waals surface area contributed by atoms with Crippen LogP contribution in [0, 0.1) is 0 Å². The first-order valence-electron chi connectivity index (χ1n) is 5.86. The molecule has 0 radical (unpaired) electrons. The second-order valence-electron chi connectivity index (χ2n) is 3.93. The highest BCUT2D eigenvalue weighted by Crippen LogP contribution is 2.18. The van der Waals surface area contributed by atoms with Gasteiger partial charge in [0.05, 0.1) is 0 Å². The Kier molecular flexibility index (Phi) is 3.82. The molecule has 0 aliphatic rings. The predicted molar refractivity (Wildman–Crippen MR) is 65.9 cm³/mol. The molecule has 2 aromatic heterocycles. The zero-order chi connectivity index (χ0) is 12.1. The van der Waals surface area contributed by atoms with Crippen LogP contribution in [0.1, 0.15) is 31.9 Å². The number of hydrogen-bond acceptors (Lipinski definition) is 4. The van der Waals surface area contributed by atoms with E-state index in [1.54, 1.807) is 17.2 Å². The molecule has 2 heterocycles. The van der Waals surface area contributed by atoms with Gasteiger partial charge in [0, 0.05) is 17.8 Å². The lowest BCUT2D eigenvalue weighted by molar-refractivity contribution is 0.564. The van der Waals surface area contributed by atoms with Crippen molar-refractivity contribution in [2.75, 3.05) is 6.54 Å². The van der Waals surface area contributed by atoms with Gasteiger partial charge in [0.25, 0.3) is 0 Å². The quantitative estimate of drug-likeness (QED) is 0.851. The van der Waals surface area contributed by atoms with E-state index in [4.69, 9.17) is 0 Å². The molecule has 5 nitrogen and oxygen atoms in total. The Labute approximate surface area is 101 Å². The molecule has 0 bridgehead atoms. The van der Waals surface area contributed by atoms with Crippen LogP contribution in [0.3, 0.4) is 0 Å². The van der Waals surface area contributed by atoms with E-state index in [-0.39, 0.29) is 6.04 Å². The van der Waals surface area contributed by atoms with Gasteiger partial charge in [0.15, 0.2) is 5.82 Å². The summed E-state index contributed by atoms with van der Waals surface area (Å²) in [6, 6.07) is 4.26. The maximum Gasteiger partial charge on any atom is 0.159 e. The molecule has 1 unspecified atom stereocenters. The number of nitrogens with zero attached hydrogens (tertiary/aromatic N) is 4. The first kappa shape index (κ1) is 11.7. The second kappa shape index (κ2) is 5.54. The number of hydrogen-bond donors (Lipinski definition) is 1. The molecule has 0 aliphatic carbocycles. The van der Waals surface area contributed by atoms with Crippen molar-refractivity contribution >= 4 is 0 Å². The van der Waals surface area contributed by atoms with Crippen molar-refractivity contribution in [2.24, 2.45) is 0 Å². The zero-order valence-electron chi connectivity index (χ0n) is 10.2. The van der Waals surface area contributed by atoms with Crippen molar-refractivity contribution in [1.82, 2.24) is 25.1 Å². The summed E-state index contributed by atoms with van der Waals surface area (Å²) in [4.78, 5) is 8.32. The van der Waals surface area contributed by atoms with Gasteiger partial charge in [-0.1, -0.05) is 13.0 Å². The normalized spacial score (nSPS) is 12.6. The van der Waals surface area contributed by atoms with Crippen LogP contribution in [0.25, 0.3) is 5.82 Å². The lowest BCUT2D eigenvalue weighted by Gasteiger charge is -2.16. The summed E-state index contributed by atoms with van der Waals surface area (Å²) >= 11 is 0. The monoisotopic (exact) mass is 231 g/mol. The maximum atomic E-state index is 4.37. The topological polar surface area (TPSA) is 55.6 Å². The molecule has 2 aromatic rings. The number of nitrogens with one attached hydrogen (secondary N) is 1. The molecule has 0 aliphatic heterocycles. The van der Waals surface area contributed by atoms with Crippen LogP contribution in [0.4, 0.5) is 0 Å². The molecule has 90 valence electrons. The van der Waals surface area contributed by atoms with Crippen molar-refractivity contribution in [1.29, 1.82) is 0 Å². The molecule has 0 amide bonds. The molecule has 17 heavy (non-hydrogen) atoms. The summed E-state index contributed by atoms with van der Waals surface area (Å²) in [5, 5.41) is 7.57. The summed E-state index contributed by atoms with van der Waals surface area (Å²) in [5.74, 6) is 0.834. The Balaban J connectivity index is 2.28. The van der Waals surface area contributed by atoms with Crippen LogP contribution in [-0.4, -0.2) is 26.3 Å². The maximum absolute atomic E-state index is 4.37. The van der Waals surface area contributed by atoms with E-state index >= 15 is 0 Å². The van der Waals surface area contributed by atoms with Gasteiger partial charge < -0.3 is 5.32 Å². The fourth-order valence-electron chi connectivity index (χ4n) is 1.73. The van der Waals surface area contributed by atoms with Crippen LogP contribution in [0.5, 0.6) is 0 Å². The van der Waals surface area contributed by atoms with Crippen molar-refractivity contribution in [3.8, 4) is 5.82 Å². The van der Waals surface area contributed by atoms with Gasteiger partial charge >= 0.3 is 0 Å². The number of rotatable bonds is 5. The fraction of sp³-hybridized carbons (Fsp3) is 0.417. The number of aromatic nitrogens is 4. The third-order valence-corrected chi connectivity index (χ3v) is 2.62. The van der Waals surface area contributed by atoms with E-state index in [9.17, 15) is 0 Å². The van der Waals surface area contributed by atoms with E-state index < -0.39 is 0 Å². The molecular formula is C12H17N5. The molecule has 0 aromatic carbocycles. The third-order valence-electron chi connectivity index (χ3n) is 2.62. The molecule has 0 saturated heterocycles. The smallest absolute Gasteiger partial charge is 0.159 e. The standard InChI is InChI=1S/C12H17N5/c1-3-6-14-10(2)11-5-4-7-15-12(11)17-9-13-8-16-17/h4-5,7-10,14H,3,6H2,1-2H3. The predicted octanol–water partition coefficient (Wildman–Crippen LogP) is 1.72. The van der Waals surface area contributed by atoms with Crippen molar-refractivity contribution in [3.63, 3.8) is 0 Å². The average molecular weight is 231 g/mol. The van der Waals surface area contributed by atoms with E-state index in [0.29, 0.717) is 0 Å². The first-order valence-corrected chi connectivity index (χ1v) is 5.86. The molecule has 2 rings (SSSR count). The van der Waals surface area contributed by atoms with Crippen molar-refractivity contribution in [3.05, 3.63) is 36.5 Å². The van der Waals surface area contributed by atoms with Crippen LogP contribution in [0.15, 0.2) is 31.0 Å². The summed E-state index contributed by atoms with van der Waals surface area (Å²) in [6.07, 6.45) is 6.07. The summed E-state index contributed by atoms with van der Waals surface area (Å²) in [5.41, 5.74) is 1.13. The Hall–Kier alpha value is -1.75. The van der Waals surface area contributed by atoms with Gasteiger partial charge in [-0.3, -0.25) is 0 Å². The van der Waals surface area contributed by atoms with Crippen LogP contribution >= 0.6 is 0 Å². The molecule has 0 fully saturated rings. The highest BCUT2D eigenvalue weighted by atomic mass is 15.3. The highest BCUT2D eigenvalue weighted by Gasteiger charge is 2.12. The highest BCUT2D eigenvalue weighted by molar-refractivity contribution is 5.34. The molecular weight excluding hydrogens is 214 g/mol. The molecule has 1 N–H and O–H groups in total. The van der Waals surface area contributed by atoms with Crippen LogP contribution in [-0.2, 0) is 0 Å². The number of pyridine rings is 1. The summed E-state index contributed by atoms with van der Waals surface area (Å²) in [7, 11) is 0. The fourth-order valence-corrected chi connectivity index (χ4v) is 1.73. The van der Waals surface area contributed by atoms with Gasteiger partial charge in [-0.15, -0.1) is 0 Å². The summed E-state index contributed by atoms with van der Waals surface area (Å²) < 4.78 is 1.69. The largest absolute Gasteiger partial charge is 0.310 e. The minimum Gasteiger partial charge on any atom is -0.310 e. The van der Waals surface area contributed by atoms with Crippen molar-refractivity contribution < 1.29 is 0 Å². The van der Waals surface area contributed by atoms with Gasteiger partial charge in [0.1, 0.15) is 12.7 Å². The van der Waals surface area contributed by atoms with Crippen LogP contribution < -0.4 is 5.32 Å². The van der Waals surface area contributed by atoms with Gasteiger partial charge in [-0.25, -0.2) is 14.6 Å². The molecule has 0 spiro atoms. The summed E-state index contributed by atoms with van der Waals surface area (Å²) in [6.45, 7) is 5.28. The van der Waals surface area contributed by atoms with Gasteiger partial charge in [-0.05, 0) is 26.0 Å². The van der Waals surface area contributed by atoms with E-state index in [1.165, 1.54) is 6.33 Å². The van der Waals surface area contributed by atoms with Crippen LogP contribution in [0.2, 0.25) is 0 Å². The van der Waals surface area contributed by atoms with Gasteiger partial charge in [-0.2, -0.15) is 5.10 Å². The Morgan fingerprint density at radius 2 is 2.35 bits per heavy atom. The van der Waals surface area contributed by atoms with E-state index in [0.717, 1.165) is 24.3 Å². The van der Waals surface area contributed by atoms with E-state index in [1.807, 2.05) is 6.07 Å². The van der Waals surface area contributed by atoms with Gasteiger partial charge in [0.2, 0.25) is 0 Å². The SMILES string of the molecule is CCCNC(C)c1cccnc1-n1cncn1. The minimum absolute atomic E-state index is 0.253. The Morgan fingerprint density at radius 1 is 1.47 bits per heavy atom. The average Bonchev–Trinajstić information content (AvgIpc) is 2.89. The minimum atomic E-state index is 0.253. The lowest BCUT2D eigenvalue weighted by Crippen LogP contribution is -2.21. The molecule has 5 heteroatoms. The second-order valence-corrected chi connectivity index (χ2v) is 3.93.